The minimum Gasteiger partial charge on any atom is -0.388 e. The summed E-state index contributed by atoms with van der Waals surface area (Å²) in [6, 6.07) is 8.17. The number of hydrogen-bond acceptors (Lipinski definition) is 3. The zero-order valence-corrected chi connectivity index (χ0v) is 13.2. The van der Waals surface area contributed by atoms with Gasteiger partial charge in [0.2, 0.25) is 0 Å². The Morgan fingerprint density at radius 2 is 2.25 bits per heavy atom. The number of benzene rings is 1. The van der Waals surface area contributed by atoms with E-state index >= 15 is 0 Å². The number of aliphatic hydroxyl groups is 1. The van der Waals surface area contributed by atoms with Crippen LogP contribution < -0.4 is 0 Å². The number of likely N-dealkylation sites (tertiary alicyclic amines) is 1. The van der Waals surface area contributed by atoms with Gasteiger partial charge in [-0.3, -0.25) is 0 Å². The molecule has 2 atom stereocenters. The molecule has 0 aromatic heterocycles. The van der Waals surface area contributed by atoms with E-state index in [2.05, 4.69) is 23.9 Å². The van der Waals surface area contributed by atoms with Crippen LogP contribution in [0.2, 0.25) is 5.02 Å². The summed E-state index contributed by atoms with van der Waals surface area (Å²) in [7, 11) is 4.30. The molecule has 1 aliphatic rings. The summed E-state index contributed by atoms with van der Waals surface area (Å²) in [5, 5.41) is 10.9. The quantitative estimate of drug-likeness (QED) is 0.905. The number of likely N-dealkylation sites (N-methyl/N-ethyl adjacent to an activating group) is 1. The lowest BCUT2D eigenvalue weighted by Gasteiger charge is -2.36. The maximum absolute atomic E-state index is 10.3. The van der Waals surface area contributed by atoms with Crippen molar-refractivity contribution < 1.29 is 5.11 Å². The first-order valence-electron chi connectivity index (χ1n) is 7.38. The fourth-order valence-corrected chi connectivity index (χ4v) is 3.04. The molecule has 0 radical (unpaired) electrons. The monoisotopic (exact) mass is 296 g/mol. The van der Waals surface area contributed by atoms with E-state index in [1.807, 2.05) is 24.3 Å². The van der Waals surface area contributed by atoms with Gasteiger partial charge in [-0.25, -0.2) is 0 Å². The molecule has 0 bridgehead atoms. The smallest absolute Gasteiger partial charge is 0.0802 e. The van der Waals surface area contributed by atoms with Gasteiger partial charge >= 0.3 is 0 Å². The second kappa shape index (κ2) is 7.41. The van der Waals surface area contributed by atoms with E-state index in [0.717, 1.165) is 31.6 Å². The molecule has 0 saturated carbocycles. The van der Waals surface area contributed by atoms with Crippen molar-refractivity contribution in [1.29, 1.82) is 0 Å². The molecule has 1 aromatic carbocycles. The van der Waals surface area contributed by atoms with Crippen molar-refractivity contribution in [3.63, 3.8) is 0 Å². The van der Waals surface area contributed by atoms with Crippen LogP contribution in [0.4, 0.5) is 0 Å². The second-order valence-corrected chi connectivity index (χ2v) is 6.36. The Morgan fingerprint density at radius 3 is 2.95 bits per heavy atom. The molecule has 0 amide bonds. The van der Waals surface area contributed by atoms with E-state index in [0.29, 0.717) is 11.1 Å². The predicted molar refractivity (Wildman–Crippen MR) is 84.2 cm³/mol. The van der Waals surface area contributed by atoms with Gasteiger partial charge in [0.05, 0.1) is 6.10 Å². The van der Waals surface area contributed by atoms with E-state index < -0.39 is 6.10 Å². The Kier molecular flexibility index (Phi) is 5.85. The number of piperidine rings is 1. The van der Waals surface area contributed by atoms with Crippen LogP contribution in [0.5, 0.6) is 0 Å². The first-order chi connectivity index (χ1) is 9.56. The van der Waals surface area contributed by atoms with E-state index in [1.165, 1.54) is 12.8 Å². The Balaban J connectivity index is 1.82. The van der Waals surface area contributed by atoms with Gasteiger partial charge in [-0.15, -0.1) is 0 Å². The van der Waals surface area contributed by atoms with Crippen LogP contribution in [0.1, 0.15) is 30.9 Å². The Hall–Kier alpha value is -0.610. The van der Waals surface area contributed by atoms with E-state index in [4.69, 9.17) is 11.6 Å². The SMILES string of the molecule is CN(C)C1CCCN(CCC(O)c2cccc(Cl)c2)C1. The summed E-state index contributed by atoms with van der Waals surface area (Å²) in [4.78, 5) is 4.77. The Labute approximate surface area is 127 Å². The first-order valence-corrected chi connectivity index (χ1v) is 7.76. The first kappa shape index (κ1) is 15.8. The minimum atomic E-state index is -0.423. The molecule has 3 nitrogen and oxygen atoms in total. The molecular weight excluding hydrogens is 272 g/mol. The van der Waals surface area contributed by atoms with Crippen LogP contribution in [-0.2, 0) is 0 Å². The summed E-state index contributed by atoms with van der Waals surface area (Å²) in [6.45, 7) is 3.19. The summed E-state index contributed by atoms with van der Waals surface area (Å²) >= 11 is 5.96. The molecule has 4 heteroatoms. The third-order valence-electron chi connectivity index (χ3n) is 4.16. The van der Waals surface area contributed by atoms with Crippen LogP contribution >= 0.6 is 11.6 Å². The molecule has 20 heavy (non-hydrogen) atoms. The van der Waals surface area contributed by atoms with Gasteiger partial charge < -0.3 is 14.9 Å². The van der Waals surface area contributed by atoms with Crippen LogP contribution in [-0.4, -0.2) is 54.7 Å². The van der Waals surface area contributed by atoms with Gasteiger partial charge in [-0.1, -0.05) is 23.7 Å². The van der Waals surface area contributed by atoms with Crippen LogP contribution in [0.15, 0.2) is 24.3 Å². The molecule has 112 valence electrons. The lowest BCUT2D eigenvalue weighted by Crippen LogP contribution is -2.45. The zero-order valence-electron chi connectivity index (χ0n) is 12.4. The van der Waals surface area contributed by atoms with E-state index in [-0.39, 0.29) is 0 Å². The van der Waals surface area contributed by atoms with Gasteiger partial charge in [-0.05, 0) is 57.6 Å². The maximum Gasteiger partial charge on any atom is 0.0802 e. The molecule has 1 heterocycles. The van der Waals surface area contributed by atoms with Crippen molar-refractivity contribution in [3.05, 3.63) is 34.9 Å². The van der Waals surface area contributed by atoms with Crippen LogP contribution in [0.3, 0.4) is 0 Å². The third kappa shape index (κ3) is 4.45. The molecule has 1 aliphatic heterocycles. The maximum atomic E-state index is 10.3. The second-order valence-electron chi connectivity index (χ2n) is 5.92. The van der Waals surface area contributed by atoms with E-state index in [1.54, 1.807) is 0 Å². The normalized spacial score (nSPS) is 22.1. The zero-order chi connectivity index (χ0) is 14.5. The highest BCUT2D eigenvalue weighted by Gasteiger charge is 2.21. The lowest BCUT2D eigenvalue weighted by molar-refractivity contribution is 0.102. The van der Waals surface area contributed by atoms with Crippen molar-refractivity contribution in [2.45, 2.75) is 31.4 Å². The molecule has 1 N–H and O–H groups in total. The Morgan fingerprint density at radius 1 is 1.45 bits per heavy atom. The van der Waals surface area contributed by atoms with Crippen molar-refractivity contribution in [1.82, 2.24) is 9.80 Å². The van der Waals surface area contributed by atoms with Gasteiger partial charge in [0.15, 0.2) is 0 Å². The highest BCUT2D eigenvalue weighted by Crippen LogP contribution is 2.22. The van der Waals surface area contributed by atoms with Crippen LogP contribution in [0, 0.1) is 0 Å². The largest absolute Gasteiger partial charge is 0.388 e. The van der Waals surface area contributed by atoms with Crippen molar-refractivity contribution in [3.8, 4) is 0 Å². The fourth-order valence-electron chi connectivity index (χ4n) is 2.84. The molecule has 1 fully saturated rings. The molecule has 0 spiro atoms. The minimum absolute atomic E-state index is 0.423. The van der Waals surface area contributed by atoms with Crippen molar-refractivity contribution in [2.24, 2.45) is 0 Å². The fraction of sp³-hybridized carbons (Fsp3) is 0.625. The molecular formula is C16H25ClN2O. The summed E-state index contributed by atoms with van der Waals surface area (Å²) in [5.41, 5.74) is 0.915. The summed E-state index contributed by atoms with van der Waals surface area (Å²) in [5.74, 6) is 0. The number of halogens is 1. The summed E-state index contributed by atoms with van der Waals surface area (Å²) < 4.78 is 0. The molecule has 0 aliphatic carbocycles. The average Bonchev–Trinajstić information content (AvgIpc) is 2.45. The Bertz CT molecular complexity index is 425. The standard InChI is InChI=1S/C16H25ClN2O/c1-18(2)15-7-4-9-19(12-15)10-8-16(20)13-5-3-6-14(17)11-13/h3,5-6,11,15-16,20H,4,7-10,12H2,1-2H3. The molecule has 1 aromatic rings. The van der Waals surface area contributed by atoms with E-state index in [9.17, 15) is 5.11 Å². The molecule has 1 saturated heterocycles. The number of rotatable bonds is 5. The highest BCUT2D eigenvalue weighted by molar-refractivity contribution is 6.30. The van der Waals surface area contributed by atoms with Crippen molar-refractivity contribution >= 4 is 11.6 Å². The average molecular weight is 297 g/mol. The van der Waals surface area contributed by atoms with Gasteiger partial charge in [0.1, 0.15) is 0 Å². The summed E-state index contributed by atoms with van der Waals surface area (Å²) in [6.07, 6.45) is 2.87. The number of nitrogens with zero attached hydrogens (tertiary/aromatic N) is 2. The predicted octanol–water partition coefficient (Wildman–Crippen LogP) is 2.79. The van der Waals surface area contributed by atoms with Crippen molar-refractivity contribution in [2.75, 3.05) is 33.7 Å². The highest BCUT2D eigenvalue weighted by atomic mass is 35.5. The topological polar surface area (TPSA) is 26.7 Å². The van der Waals surface area contributed by atoms with Gasteiger partial charge in [-0.2, -0.15) is 0 Å². The molecule has 2 rings (SSSR count). The number of hydrogen-bond donors (Lipinski definition) is 1. The lowest BCUT2D eigenvalue weighted by atomic mass is 10.0. The van der Waals surface area contributed by atoms with Crippen LogP contribution in [0.25, 0.3) is 0 Å². The van der Waals surface area contributed by atoms with Gasteiger partial charge in [0, 0.05) is 24.2 Å². The number of aliphatic hydroxyl groups excluding tert-OH is 1. The third-order valence-corrected chi connectivity index (χ3v) is 4.40. The van der Waals surface area contributed by atoms with Gasteiger partial charge in [0.25, 0.3) is 0 Å². The molecule has 2 unspecified atom stereocenters.